The number of benzene rings is 1. The highest BCUT2D eigenvalue weighted by molar-refractivity contribution is 5.85. The second-order valence-electron chi connectivity index (χ2n) is 11.6. The molecule has 0 spiro atoms. The Hall–Kier alpha value is -1.92. The molecule has 0 bridgehead atoms. The van der Waals surface area contributed by atoms with Crippen LogP contribution in [0.15, 0.2) is 30.3 Å². The molecule has 0 unspecified atom stereocenters. The zero-order valence-electron chi connectivity index (χ0n) is 29.1. The molecule has 0 fully saturated rings. The molecule has 0 saturated carbocycles. The Kier molecular flexibility index (Phi) is 33.9. The van der Waals surface area contributed by atoms with Gasteiger partial charge in [-0.1, -0.05) is 111 Å². The van der Waals surface area contributed by atoms with Gasteiger partial charge in [-0.3, -0.25) is 0 Å². The zero-order valence-corrected chi connectivity index (χ0v) is 29.1. The van der Waals surface area contributed by atoms with Crippen molar-refractivity contribution in [3.8, 4) is 0 Å². The minimum absolute atomic E-state index is 0.220. The normalized spacial score (nSPS) is 10.8. The molecule has 1 aromatic rings. The quantitative estimate of drug-likeness (QED) is 0.115. The third-order valence-corrected chi connectivity index (χ3v) is 7.75. The van der Waals surface area contributed by atoms with Crippen molar-refractivity contribution in [1.82, 2.24) is 0 Å². The number of aromatic carboxylic acids is 1. The molecule has 0 N–H and O–H groups in total. The minimum Gasteiger partial charge on any atom is -0.554 e. The zero-order chi connectivity index (χ0) is 32.5. The van der Waals surface area contributed by atoms with E-state index in [9.17, 15) is 9.90 Å². The third kappa shape index (κ3) is 24.7. The molecule has 6 heteroatoms. The van der Waals surface area contributed by atoms with E-state index in [4.69, 9.17) is 9.90 Å². The molecule has 0 atom stereocenters. The molecule has 1 aromatic carbocycles. The van der Waals surface area contributed by atoms with E-state index < -0.39 is 12.4 Å². The predicted molar refractivity (Wildman–Crippen MR) is 177 cm³/mol. The van der Waals surface area contributed by atoms with Gasteiger partial charge in [0.15, 0.2) is 0 Å². The van der Waals surface area contributed by atoms with Crippen LogP contribution < -0.4 is 10.2 Å². The fourth-order valence-corrected chi connectivity index (χ4v) is 5.79. The number of quaternary nitrogens is 2. The van der Waals surface area contributed by atoms with Crippen molar-refractivity contribution in [3.63, 3.8) is 0 Å². The van der Waals surface area contributed by atoms with Crippen LogP contribution in [0.3, 0.4) is 0 Å². The van der Waals surface area contributed by atoms with Crippen LogP contribution in [0.4, 0.5) is 0 Å². The van der Waals surface area contributed by atoms with Gasteiger partial charge in [0.2, 0.25) is 0 Å². The lowest BCUT2D eigenvalue weighted by Crippen LogP contribution is -2.50. The second kappa shape index (κ2) is 32.0. The van der Waals surface area contributed by atoms with Gasteiger partial charge in [0.05, 0.1) is 58.3 Å². The summed E-state index contributed by atoms with van der Waals surface area (Å²) in [5.74, 6) is -1.13. The van der Waals surface area contributed by atoms with Crippen LogP contribution in [0.5, 0.6) is 0 Å². The van der Waals surface area contributed by atoms with Gasteiger partial charge < -0.3 is 28.8 Å². The molecular formula is C36H70N2O4. The van der Waals surface area contributed by atoms with Gasteiger partial charge >= 0.3 is 0 Å². The smallest absolute Gasteiger partial charge is 0.0786 e. The van der Waals surface area contributed by atoms with Crippen molar-refractivity contribution in [3.05, 3.63) is 35.9 Å². The fourth-order valence-electron chi connectivity index (χ4n) is 5.79. The first kappa shape index (κ1) is 44.5. The SMILES string of the molecule is CCCC[N+](CCCC)(CCCC)CCCC.CCC[N+](CCC)(CCC)CCC.O=C([O-])c1ccccc1.O=C[O-]. The largest absolute Gasteiger partial charge is 0.554 e. The monoisotopic (exact) mass is 595 g/mol. The van der Waals surface area contributed by atoms with Crippen molar-refractivity contribution in [1.29, 1.82) is 0 Å². The summed E-state index contributed by atoms with van der Waals surface area (Å²) in [5, 5.41) is 18.3. The average Bonchev–Trinajstić information content (AvgIpc) is 2.98. The maximum absolute atomic E-state index is 10.1. The highest BCUT2D eigenvalue weighted by Gasteiger charge is 2.25. The summed E-state index contributed by atoms with van der Waals surface area (Å²) in [6.45, 7) is 29.3. The summed E-state index contributed by atoms with van der Waals surface area (Å²) in [5.41, 5.74) is 0.220. The van der Waals surface area contributed by atoms with Crippen LogP contribution in [-0.4, -0.2) is 73.8 Å². The molecule has 0 radical (unpaired) electrons. The lowest BCUT2D eigenvalue weighted by Gasteiger charge is -2.39. The van der Waals surface area contributed by atoms with E-state index in [0.29, 0.717) is 0 Å². The minimum atomic E-state index is -1.13. The number of carboxylic acids is 1. The van der Waals surface area contributed by atoms with E-state index in [1.165, 1.54) is 151 Å². The summed E-state index contributed by atoms with van der Waals surface area (Å²) in [7, 11) is 0. The van der Waals surface area contributed by atoms with Gasteiger partial charge in [-0.2, -0.15) is 0 Å². The van der Waals surface area contributed by atoms with E-state index in [1.807, 2.05) is 0 Å². The number of carboxylic acid groups (broad SMARTS) is 2. The molecule has 248 valence electrons. The Morgan fingerprint density at radius 2 is 0.810 bits per heavy atom. The van der Waals surface area contributed by atoms with Crippen LogP contribution in [-0.2, 0) is 4.79 Å². The Balaban J connectivity index is -0.000000537. The summed E-state index contributed by atoms with van der Waals surface area (Å²) in [6, 6.07) is 8.06. The Morgan fingerprint density at radius 3 is 1.00 bits per heavy atom. The van der Waals surface area contributed by atoms with Gasteiger partial charge in [-0.25, -0.2) is 0 Å². The molecule has 6 nitrogen and oxygen atoms in total. The summed E-state index contributed by atoms with van der Waals surface area (Å²) in [4.78, 5) is 18.3. The lowest BCUT2D eigenvalue weighted by atomic mass is 10.1. The first-order valence-electron chi connectivity index (χ1n) is 17.2. The van der Waals surface area contributed by atoms with Crippen molar-refractivity contribution < 1.29 is 28.8 Å². The van der Waals surface area contributed by atoms with Crippen LogP contribution >= 0.6 is 0 Å². The van der Waals surface area contributed by atoms with Gasteiger partial charge in [0.1, 0.15) is 0 Å². The molecule has 0 heterocycles. The van der Waals surface area contributed by atoms with Crippen molar-refractivity contribution in [2.75, 3.05) is 52.4 Å². The van der Waals surface area contributed by atoms with E-state index in [-0.39, 0.29) is 5.56 Å². The number of hydrogen-bond donors (Lipinski definition) is 0. The molecule has 1 rings (SSSR count). The lowest BCUT2D eigenvalue weighted by molar-refractivity contribution is -0.929. The molecule has 0 aliphatic rings. The van der Waals surface area contributed by atoms with E-state index in [2.05, 4.69) is 55.4 Å². The number of nitrogens with zero attached hydrogens (tertiary/aromatic N) is 2. The molecule has 0 aromatic heterocycles. The number of rotatable bonds is 21. The molecular weight excluding hydrogens is 524 g/mol. The molecule has 0 amide bonds. The fraction of sp³-hybridized carbons (Fsp3) is 0.778. The maximum Gasteiger partial charge on any atom is 0.0786 e. The van der Waals surface area contributed by atoms with Gasteiger partial charge in [0, 0.05) is 6.47 Å². The van der Waals surface area contributed by atoms with Crippen molar-refractivity contribution in [2.45, 2.75) is 132 Å². The van der Waals surface area contributed by atoms with Gasteiger partial charge in [-0.05, 0) is 56.9 Å². The van der Waals surface area contributed by atoms with Crippen LogP contribution in [0.25, 0.3) is 0 Å². The standard InChI is InChI=1S/C16H36N.C12H28N.C7H6O2.CH2O2/c1-5-9-13-17(14-10-6-2,15-11-7-3)16-12-8-4;1-5-9-13(10-6-2,11-7-3)12-8-4;8-7(9)6-4-2-1-3-5-6;2-1-3/h5-16H2,1-4H3;5-12H2,1-4H3;1-5H,(H,8,9);1H,(H,2,3)/q2*+1;;/p-2. The molecule has 0 aliphatic carbocycles. The first-order chi connectivity index (χ1) is 20.2. The van der Waals surface area contributed by atoms with Crippen molar-refractivity contribution >= 4 is 12.4 Å². The van der Waals surface area contributed by atoms with E-state index >= 15 is 0 Å². The van der Waals surface area contributed by atoms with Gasteiger partial charge in [0.25, 0.3) is 0 Å². The maximum atomic E-state index is 10.1. The average molecular weight is 595 g/mol. The van der Waals surface area contributed by atoms with E-state index in [1.54, 1.807) is 18.2 Å². The van der Waals surface area contributed by atoms with E-state index in [0.717, 1.165) is 0 Å². The molecule has 42 heavy (non-hydrogen) atoms. The Morgan fingerprint density at radius 1 is 0.548 bits per heavy atom. The Labute approximate surface area is 261 Å². The summed E-state index contributed by atoms with van der Waals surface area (Å²) < 4.78 is 2.80. The first-order valence-corrected chi connectivity index (χ1v) is 17.2. The Bertz CT molecular complexity index is 630. The van der Waals surface area contributed by atoms with Crippen LogP contribution in [0.2, 0.25) is 0 Å². The molecule has 0 saturated heterocycles. The number of hydrogen-bond acceptors (Lipinski definition) is 4. The second-order valence-corrected chi connectivity index (χ2v) is 11.6. The summed E-state index contributed by atoms with van der Waals surface area (Å²) in [6.07, 6.45) is 16.4. The highest BCUT2D eigenvalue weighted by atomic mass is 16.4. The number of carbonyl (C=O) groups is 2. The topological polar surface area (TPSA) is 80.3 Å². The third-order valence-electron chi connectivity index (χ3n) is 7.75. The number of carbonyl (C=O) groups excluding carboxylic acids is 2. The van der Waals surface area contributed by atoms with Gasteiger partial charge in [-0.15, -0.1) is 0 Å². The molecule has 0 aliphatic heterocycles. The highest BCUT2D eigenvalue weighted by Crippen LogP contribution is 2.16. The summed E-state index contributed by atoms with van der Waals surface area (Å²) >= 11 is 0. The predicted octanol–water partition coefficient (Wildman–Crippen LogP) is 6.86. The van der Waals surface area contributed by atoms with Crippen LogP contribution in [0.1, 0.15) is 143 Å². The number of unbranched alkanes of at least 4 members (excludes halogenated alkanes) is 4. The van der Waals surface area contributed by atoms with Crippen LogP contribution in [0, 0.1) is 0 Å². The van der Waals surface area contributed by atoms with Crippen molar-refractivity contribution in [2.24, 2.45) is 0 Å².